The molecular formula is C78H103AlB2Cl3F5LiN9O23. The van der Waals surface area contributed by atoms with Crippen molar-refractivity contribution in [3.05, 3.63) is 207 Å². The number of carbonyl (C=O) groups is 10. The van der Waals surface area contributed by atoms with Gasteiger partial charge in [0.2, 0.25) is 0 Å². The molecule has 7 aromatic rings. The fourth-order valence-corrected chi connectivity index (χ4v) is 9.55. The fraction of sp³-hybridized carbons (Fsp3) is 0.397. The van der Waals surface area contributed by atoms with Crippen LogP contribution in [-0.4, -0.2) is 182 Å². The molecule has 0 spiro atoms. The first-order valence-corrected chi connectivity index (χ1v) is 35.9. The van der Waals surface area contributed by atoms with Gasteiger partial charge in [-0.2, -0.15) is 0 Å². The van der Waals surface area contributed by atoms with Crippen molar-refractivity contribution in [2.75, 3.05) is 0 Å². The average Bonchev–Trinajstić information content (AvgIpc) is 1.68. The second-order valence-corrected chi connectivity index (χ2v) is 28.9. The summed E-state index contributed by atoms with van der Waals surface area (Å²) in [6, 6.07) is 15.7. The third-order valence-corrected chi connectivity index (χ3v) is 15.7. The van der Waals surface area contributed by atoms with Crippen LogP contribution in [0.25, 0.3) is 0 Å². The molecular weight excluding hydrogens is 1690 g/mol. The molecule has 5 aromatic heterocycles. The number of aromatic carboxylic acids is 3. The molecule has 0 fully saturated rings. The number of halogens is 8. The van der Waals surface area contributed by atoms with E-state index in [4.69, 9.17) is 59.2 Å². The van der Waals surface area contributed by atoms with Gasteiger partial charge in [0.1, 0.15) is 95.7 Å². The summed E-state index contributed by atoms with van der Waals surface area (Å²) in [7, 11) is -2.05. The van der Waals surface area contributed by atoms with Gasteiger partial charge < -0.3 is 86.6 Å². The first-order valence-electron chi connectivity index (χ1n) is 35.9. The van der Waals surface area contributed by atoms with E-state index in [2.05, 4.69) is 40.9 Å². The van der Waals surface area contributed by atoms with Crippen molar-refractivity contribution < 1.29 is 154 Å². The maximum Gasteiger partial charge on any atom is 1.00 e. The number of amides is 3. The SMILES string of the molecule is CC(C)[C@H](N)C(=O)OCc1ccc(F)cn1.CC(C)[C@H](NC(=O)OC(C)(C)C)C(=O)O.CC(C)[C@H](NC(=O)OC(C)(C)C)C(=O)OCc1ccc(F)cn1.Cc1c(C(=O)N[C@H](C(=O)OCc2ccc(F)cn2)C(C)C)ccc2c1B(O)OC2.Cc1c(C(=O)O)ccc2c1B(O)OC2.Cl.Cl.Cl.O=C(O)c1ccc(F)cn1.O=C(O)c1ccc(F)cn1.[AlH3].[H-].[Li+]. The predicted molar refractivity (Wildman–Crippen MR) is 444 cm³/mol. The van der Waals surface area contributed by atoms with Crippen molar-refractivity contribution >= 4 is 140 Å². The molecule has 11 N–H and O–H groups in total. The van der Waals surface area contributed by atoms with Crippen LogP contribution in [0.1, 0.15) is 179 Å². The number of aliphatic carboxylic acids is 1. The number of benzene rings is 2. The Kier molecular flexibility index (Phi) is 53.3. The molecule has 0 aliphatic carbocycles. The molecule has 2 aromatic carbocycles. The number of esters is 3. The molecule has 3 amide bonds. The second kappa shape index (κ2) is 56.0. The van der Waals surface area contributed by atoms with Gasteiger partial charge in [0, 0.05) is 5.56 Å². The number of pyridine rings is 5. The first-order chi connectivity index (χ1) is 54.5. The molecule has 2 aliphatic rings. The van der Waals surface area contributed by atoms with Gasteiger partial charge in [0.15, 0.2) is 17.4 Å². The number of rotatable bonds is 21. The van der Waals surface area contributed by atoms with E-state index >= 15 is 0 Å². The Labute approximate surface area is 745 Å². The number of fused-ring (bicyclic) bond motifs is 2. The van der Waals surface area contributed by atoms with Gasteiger partial charge in [-0.25, -0.2) is 70.3 Å². The molecule has 9 rings (SSSR count). The Morgan fingerprint density at radius 3 is 1.03 bits per heavy atom. The molecule has 44 heteroatoms. The Morgan fingerprint density at radius 1 is 0.451 bits per heavy atom. The van der Waals surface area contributed by atoms with Crippen LogP contribution in [0.5, 0.6) is 0 Å². The molecule has 664 valence electrons. The Bertz CT molecular complexity index is 4460. The van der Waals surface area contributed by atoms with Crippen LogP contribution >= 0.6 is 37.2 Å². The first kappa shape index (κ1) is 116. The summed E-state index contributed by atoms with van der Waals surface area (Å²) in [6.45, 7) is 28.4. The number of alkyl carbamates (subject to hydrolysis) is 2. The van der Waals surface area contributed by atoms with Crippen LogP contribution in [0.3, 0.4) is 0 Å². The summed E-state index contributed by atoms with van der Waals surface area (Å²) in [5.74, 6) is -9.49. The molecule has 0 saturated heterocycles. The number of hydrogen-bond donors (Lipinski definition) is 10. The van der Waals surface area contributed by atoms with Crippen molar-refractivity contribution in [2.24, 2.45) is 29.4 Å². The number of hydrogen-bond acceptors (Lipinski definition) is 25. The number of carbonyl (C=O) groups excluding carboxylic acids is 6. The van der Waals surface area contributed by atoms with Gasteiger partial charge in [-0.1, -0.05) is 67.5 Å². The molecule has 0 unspecified atom stereocenters. The quantitative estimate of drug-likeness (QED) is 0.0174. The zero-order chi connectivity index (χ0) is 88.5. The van der Waals surface area contributed by atoms with E-state index in [9.17, 15) is 79.9 Å². The van der Waals surface area contributed by atoms with Gasteiger partial charge in [-0.05, 0) is 185 Å². The molecule has 0 saturated carbocycles. The van der Waals surface area contributed by atoms with Crippen LogP contribution in [0.2, 0.25) is 0 Å². The molecule has 122 heavy (non-hydrogen) atoms. The van der Waals surface area contributed by atoms with Gasteiger partial charge >= 0.3 is 87.1 Å². The summed E-state index contributed by atoms with van der Waals surface area (Å²) in [4.78, 5) is 132. The zero-order valence-electron chi connectivity index (χ0n) is 70.3. The largest absolute Gasteiger partial charge is 1.00 e. The number of nitrogens with zero attached hydrogens (tertiary/aromatic N) is 5. The predicted octanol–water partition coefficient (Wildman–Crippen LogP) is 5.87. The maximum atomic E-state index is 12.9. The van der Waals surface area contributed by atoms with Crippen LogP contribution in [0.4, 0.5) is 31.5 Å². The van der Waals surface area contributed by atoms with E-state index in [0.29, 0.717) is 51.3 Å². The summed E-state index contributed by atoms with van der Waals surface area (Å²) in [5, 5.41) is 61.2. The van der Waals surface area contributed by atoms with Crippen molar-refractivity contribution in [3.63, 3.8) is 0 Å². The minimum absolute atomic E-state index is 0. The molecule has 4 atom stereocenters. The van der Waals surface area contributed by atoms with E-state index < -0.39 is 139 Å². The van der Waals surface area contributed by atoms with E-state index in [0.717, 1.165) is 66.4 Å². The van der Waals surface area contributed by atoms with Crippen LogP contribution < -0.4 is 51.5 Å². The number of carboxylic acids is 4. The number of nitrogens with one attached hydrogen (secondary N) is 3. The maximum absolute atomic E-state index is 12.9. The summed E-state index contributed by atoms with van der Waals surface area (Å²) < 4.78 is 98.0. The number of ether oxygens (including phenoxy) is 5. The monoisotopic (exact) mass is 1790 g/mol. The zero-order valence-corrected chi connectivity index (χ0v) is 71.8. The molecule has 0 radical (unpaired) electrons. The van der Waals surface area contributed by atoms with E-state index in [1.54, 1.807) is 115 Å². The number of aromatic nitrogens is 5. The van der Waals surface area contributed by atoms with E-state index in [-0.39, 0.29) is 142 Å². The van der Waals surface area contributed by atoms with E-state index in [1.807, 2.05) is 13.8 Å². The Morgan fingerprint density at radius 2 is 0.754 bits per heavy atom. The van der Waals surface area contributed by atoms with Crippen LogP contribution in [-0.2, 0) is 85.2 Å². The average molecular weight is 1790 g/mol. The third-order valence-electron chi connectivity index (χ3n) is 15.7. The Hall–Kier alpha value is -9.93. The summed E-state index contributed by atoms with van der Waals surface area (Å²) >= 11 is 0. The molecule has 7 heterocycles. The van der Waals surface area contributed by atoms with Crippen molar-refractivity contribution in [2.45, 2.75) is 179 Å². The van der Waals surface area contributed by atoms with Gasteiger partial charge in [0.25, 0.3) is 5.91 Å². The Balaban J connectivity index is -0.000000686. The van der Waals surface area contributed by atoms with E-state index in [1.165, 1.54) is 42.5 Å². The smallest absolute Gasteiger partial charge is 1.00 e. The van der Waals surface area contributed by atoms with Crippen LogP contribution in [0, 0.1) is 66.6 Å². The second-order valence-electron chi connectivity index (χ2n) is 28.9. The van der Waals surface area contributed by atoms with Gasteiger partial charge in [0.05, 0.1) is 66.8 Å². The number of nitrogens with two attached hydrogens (primary N) is 1. The van der Waals surface area contributed by atoms with Crippen LogP contribution in [0.15, 0.2) is 116 Å². The number of carboxylic acid groups (broad SMARTS) is 4. The minimum atomic E-state index is -1.15. The van der Waals surface area contributed by atoms with Crippen molar-refractivity contribution in [1.29, 1.82) is 0 Å². The van der Waals surface area contributed by atoms with Crippen molar-refractivity contribution in [1.82, 2.24) is 40.9 Å². The van der Waals surface area contributed by atoms with Gasteiger partial charge in [-0.3, -0.25) is 24.5 Å². The third kappa shape index (κ3) is 41.8. The van der Waals surface area contributed by atoms with Gasteiger partial charge in [-0.15, -0.1) is 37.2 Å². The molecule has 32 nitrogen and oxygen atoms in total. The molecule has 2 aliphatic heterocycles. The summed E-state index contributed by atoms with van der Waals surface area (Å²) in [5.41, 5.74) is 9.96. The normalized spacial score (nSPS) is 12.2. The van der Waals surface area contributed by atoms with Crippen molar-refractivity contribution in [3.8, 4) is 0 Å². The molecule has 0 bridgehead atoms. The summed E-state index contributed by atoms with van der Waals surface area (Å²) in [6.07, 6.45) is 3.50. The topological polar surface area (TPSA) is 483 Å². The minimum Gasteiger partial charge on any atom is -1.00 e. The fourth-order valence-electron chi connectivity index (χ4n) is 9.55. The standard InChI is InChI=1S/C20H22BFN2O5.C16H23FN2O4.C11H15FN2O2.C10H19NO4.C9H9BO4.2C6H4FNO2.Al.3ClH.Li.4H/c1-11(2)18(20(26)28-10-15-6-5-14(22)8-23-15)24-19(25)16-7-4-13-9-29-21(27)17(13)12(16)3;1-10(2)13(19-15(21)23-16(3,4)5)14(20)22-9-12-7-6-11(17)8-18-12;1-7(2)10(13)11(15)16-6-9-4-3-8(12)5-14-9;1-6(2)7(8(12)13)11-9(14)15-10(3,4)5;1-5-7(9(11)12)3-2-6-4-14-10(13)8(5)6;2*7-4-1-2-5(6(9)10)8-3-4;;;;;;;;;/h4-8,11,18,27H,9-10H2,1-3H3,(H,24,25);6-8,10,13H,9H2,1-5H3,(H,19,21);3-5,7,10H,6,13H2,1-2H3;6-7H,1-5H3,(H,11,14)(H,12,13);2-3,13H,4H2,1H3,(H,11,12);2*1-3H,(H,9,10);;3*1H;;;;;/q;;;;;;;;;;;+1;;;;-1/t18-;13-;10-;7-;;;;;;;;;;;;/m0000............/s1.